The molecule has 0 spiro atoms. The average molecular weight is 266 g/mol. The Bertz CT molecular complexity index is 309. The quantitative estimate of drug-likeness (QED) is 0.426. The Morgan fingerprint density at radius 3 is 1.88 bits per heavy atom. The monoisotopic (exact) mass is 265 g/mol. The van der Waals surface area contributed by atoms with Gasteiger partial charge in [-0.05, 0) is 34.6 Å². The lowest BCUT2D eigenvalue weighted by molar-refractivity contribution is -0.150. The molecule has 0 aromatic rings. The Balaban J connectivity index is 0. The molecule has 0 aromatic carbocycles. The molecule has 0 aliphatic rings. The Hall–Kier alpha value is -0.900. The molecule has 0 atom stereocenters. The van der Waals surface area contributed by atoms with Crippen molar-refractivity contribution in [2.24, 2.45) is 4.99 Å². The van der Waals surface area contributed by atoms with Crippen molar-refractivity contribution in [2.45, 2.75) is 54.1 Å². The number of allylic oxidation sites excluding steroid dienone is 1. The molecule has 0 amide bonds. The Labute approximate surface area is 108 Å². The van der Waals surface area contributed by atoms with Crippen molar-refractivity contribution in [2.75, 3.05) is 0 Å². The minimum Gasteiger partial charge on any atom is -0.455 e. The highest BCUT2D eigenvalue weighted by Crippen LogP contribution is 2.16. The first-order chi connectivity index (χ1) is 7.63. The van der Waals surface area contributed by atoms with E-state index in [0.29, 0.717) is 0 Å². The van der Waals surface area contributed by atoms with E-state index in [-0.39, 0.29) is 5.17 Å². The van der Waals surface area contributed by atoms with E-state index in [1.807, 2.05) is 13.8 Å². The number of ether oxygens (including phenoxy) is 1. The van der Waals surface area contributed by atoms with Crippen molar-refractivity contribution in [3.05, 3.63) is 11.5 Å². The lowest BCUT2D eigenvalue weighted by Gasteiger charge is -2.19. The highest BCUT2D eigenvalue weighted by Gasteiger charge is 2.21. The van der Waals surface area contributed by atoms with Crippen LogP contribution >= 0.6 is 11.6 Å². The van der Waals surface area contributed by atoms with Crippen LogP contribution in [0.5, 0.6) is 0 Å². The molecule has 3 nitrogen and oxygen atoms in total. The normalized spacial score (nSPS) is 13.4. The van der Waals surface area contributed by atoms with E-state index in [1.165, 1.54) is 6.92 Å². The van der Waals surface area contributed by atoms with Crippen LogP contribution in [-0.2, 0) is 9.53 Å². The van der Waals surface area contributed by atoms with Gasteiger partial charge < -0.3 is 4.74 Å². The molecular weight excluding hydrogens is 245 g/mol. The molecule has 0 saturated carbocycles. The summed E-state index contributed by atoms with van der Waals surface area (Å²) in [5.74, 6) is -1.54. The zero-order valence-corrected chi connectivity index (χ0v) is 12.3. The summed E-state index contributed by atoms with van der Waals surface area (Å²) in [6.07, 6.45) is 0. The smallest absolute Gasteiger partial charge is 0.360 e. The lowest BCUT2D eigenvalue weighted by Crippen LogP contribution is -2.25. The van der Waals surface area contributed by atoms with Gasteiger partial charge in [0.25, 0.3) is 0 Å². The summed E-state index contributed by atoms with van der Waals surface area (Å²) in [7, 11) is 0. The standard InChI is InChI=1S/C10H15ClFNO2.C2H6/c1-6(12)8(13-7(2)11)9(14)15-10(3,4)5;1-2/h1-5H3;1-2H3/b8-6+,13-7?;. The zero-order chi connectivity index (χ0) is 14.2. The molecule has 0 unspecified atom stereocenters. The highest BCUT2D eigenvalue weighted by atomic mass is 35.5. The summed E-state index contributed by atoms with van der Waals surface area (Å²) in [4.78, 5) is 15.0. The molecule has 0 aromatic heterocycles. The first kappa shape index (κ1) is 18.5. The number of carbonyl (C=O) groups is 1. The van der Waals surface area contributed by atoms with Crippen LogP contribution < -0.4 is 0 Å². The van der Waals surface area contributed by atoms with E-state index in [2.05, 4.69) is 4.99 Å². The van der Waals surface area contributed by atoms with Gasteiger partial charge >= 0.3 is 5.97 Å². The third-order valence-corrected chi connectivity index (χ3v) is 1.27. The second-order valence-electron chi connectivity index (χ2n) is 3.99. The van der Waals surface area contributed by atoms with Crippen LogP contribution in [-0.4, -0.2) is 16.7 Å². The summed E-state index contributed by atoms with van der Waals surface area (Å²) in [6.45, 7) is 11.6. The number of esters is 1. The molecule has 0 rings (SSSR count). The summed E-state index contributed by atoms with van der Waals surface area (Å²) >= 11 is 5.47. The molecule has 0 saturated heterocycles. The van der Waals surface area contributed by atoms with Crippen molar-refractivity contribution in [1.82, 2.24) is 0 Å². The first-order valence-corrected chi connectivity index (χ1v) is 5.82. The van der Waals surface area contributed by atoms with E-state index in [4.69, 9.17) is 16.3 Å². The number of hydrogen-bond acceptors (Lipinski definition) is 3. The number of halogens is 2. The third kappa shape index (κ3) is 10.00. The minimum atomic E-state index is -0.817. The second kappa shape index (κ2) is 8.23. The molecule has 0 heterocycles. The fourth-order valence-electron chi connectivity index (χ4n) is 0.744. The van der Waals surface area contributed by atoms with Gasteiger partial charge in [-0.1, -0.05) is 25.4 Å². The van der Waals surface area contributed by atoms with Crippen LogP contribution in [0.15, 0.2) is 16.5 Å². The van der Waals surface area contributed by atoms with Crippen LogP contribution in [0.1, 0.15) is 48.5 Å². The zero-order valence-electron chi connectivity index (χ0n) is 11.5. The van der Waals surface area contributed by atoms with Crippen molar-refractivity contribution < 1.29 is 13.9 Å². The maximum absolute atomic E-state index is 13.0. The number of rotatable bonds is 2. The Kier molecular flexibility index (Phi) is 8.94. The van der Waals surface area contributed by atoms with Crippen LogP contribution in [0.4, 0.5) is 4.39 Å². The van der Waals surface area contributed by atoms with Gasteiger partial charge in [0.2, 0.25) is 0 Å². The average Bonchev–Trinajstić information content (AvgIpc) is 2.13. The maximum atomic E-state index is 13.0. The van der Waals surface area contributed by atoms with Crippen LogP contribution in [0.25, 0.3) is 0 Å². The van der Waals surface area contributed by atoms with Gasteiger partial charge in [0.05, 0.1) is 0 Å². The summed E-state index contributed by atoms with van der Waals surface area (Å²) in [5.41, 5.74) is -1.08. The minimum absolute atomic E-state index is 0.0767. The van der Waals surface area contributed by atoms with Crippen LogP contribution in [0, 0.1) is 0 Å². The van der Waals surface area contributed by atoms with Crippen LogP contribution in [0.2, 0.25) is 0 Å². The van der Waals surface area contributed by atoms with Crippen molar-refractivity contribution >= 4 is 22.7 Å². The molecule has 0 radical (unpaired) electrons. The Morgan fingerprint density at radius 1 is 1.24 bits per heavy atom. The van der Waals surface area contributed by atoms with E-state index < -0.39 is 23.1 Å². The molecular formula is C12H21ClFNO2. The first-order valence-electron chi connectivity index (χ1n) is 5.44. The molecule has 0 aliphatic carbocycles. The van der Waals surface area contributed by atoms with E-state index >= 15 is 0 Å². The molecule has 100 valence electrons. The fourth-order valence-corrected chi connectivity index (χ4v) is 0.828. The van der Waals surface area contributed by atoms with Crippen molar-refractivity contribution in [3.8, 4) is 0 Å². The van der Waals surface area contributed by atoms with Gasteiger partial charge in [-0.15, -0.1) is 0 Å². The topological polar surface area (TPSA) is 38.7 Å². The number of carbonyl (C=O) groups excluding carboxylic acids is 1. The fraction of sp³-hybridized carbons (Fsp3) is 0.667. The lowest BCUT2D eigenvalue weighted by atomic mass is 10.2. The molecule has 0 fully saturated rings. The largest absolute Gasteiger partial charge is 0.455 e. The summed E-state index contributed by atoms with van der Waals surface area (Å²) < 4.78 is 17.9. The maximum Gasteiger partial charge on any atom is 0.360 e. The van der Waals surface area contributed by atoms with Crippen molar-refractivity contribution in [3.63, 3.8) is 0 Å². The van der Waals surface area contributed by atoms with Crippen LogP contribution in [0.3, 0.4) is 0 Å². The summed E-state index contributed by atoms with van der Waals surface area (Å²) in [5, 5.41) is 0.0767. The van der Waals surface area contributed by atoms with E-state index in [1.54, 1.807) is 20.8 Å². The molecule has 5 heteroatoms. The number of hydrogen-bond donors (Lipinski definition) is 0. The molecule has 0 N–H and O–H groups in total. The Morgan fingerprint density at radius 2 is 1.65 bits per heavy atom. The summed E-state index contributed by atoms with van der Waals surface area (Å²) in [6, 6.07) is 0. The van der Waals surface area contributed by atoms with Gasteiger partial charge in [-0.2, -0.15) is 0 Å². The van der Waals surface area contributed by atoms with Gasteiger partial charge in [-0.25, -0.2) is 14.2 Å². The second-order valence-corrected chi connectivity index (χ2v) is 4.54. The number of nitrogens with zero attached hydrogens (tertiary/aromatic N) is 1. The van der Waals surface area contributed by atoms with Gasteiger partial charge in [0.15, 0.2) is 5.70 Å². The highest BCUT2D eigenvalue weighted by molar-refractivity contribution is 6.65. The van der Waals surface area contributed by atoms with E-state index in [0.717, 1.165) is 6.92 Å². The van der Waals surface area contributed by atoms with E-state index in [9.17, 15) is 9.18 Å². The van der Waals surface area contributed by atoms with Gasteiger partial charge in [0.1, 0.15) is 16.6 Å². The molecule has 17 heavy (non-hydrogen) atoms. The van der Waals surface area contributed by atoms with Gasteiger partial charge in [-0.3, -0.25) is 0 Å². The molecule has 0 aliphatic heterocycles. The third-order valence-electron chi connectivity index (χ3n) is 1.18. The van der Waals surface area contributed by atoms with Gasteiger partial charge in [0, 0.05) is 0 Å². The predicted octanol–water partition coefficient (Wildman–Crippen LogP) is 4.21. The SMILES string of the molecule is CC.CC(Cl)=N/C(C(=O)OC(C)(C)C)=C(\C)F. The predicted molar refractivity (Wildman–Crippen MR) is 70.0 cm³/mol. The molecule has 0 bridgehead atoms. The van der Waals surface area contributed by atoms with Crippen molar-refractivity contribution in [1.29, 1.82) is 0 Å². The number of aliphatic imine (C=N–C) groups is 1.